The van der Waals surface area contributed by atoms with Crippen molar-refractivity contribution in [1.82, 2.24) is 0 Å². The molecular weight excluding hydrogens is 474 g/mol. The zero-order valence-corrected chi connectivity index (χ0v) is 22.2. The van der Waals surface area contributed by atoms with Gasteiger partial charge in [-0.25, -0.2) is 5.57 Å². The number of fused-ring (bicyclic) bond motifs is 3. The van der Waals surface area contributed by atoms with Crippen LogP contribution in [0.2, 0.25) is 0 Å². The summed E-state index contributed by atoms with van der Waals surface area (Å²) >= 11 is 1.55. The number of benzene rings is 2. The third-order valence-corrected chi connectivity index (χ3v) is 4.55. The van der Waals surface area contributed by atoms with Crippen molar-refractivity contribution < 1.29 is 49.0 Å². The summed E-state index contributed by atoms with van der Waals surface area (Å²) in [5.41, 5.74) is 8.34. The molecule has 0 radical (unpaired) electrons. The van der Waals surface area contributed by atoms with Crippen molar-refractivity contribution in [1.29, 1.82) is 0 Å². The Morgan fingerprint density at radius 2 is 1.62 bits per heavy atom. The van der Waals surface area contributed by atoms with Gasteiger partial charge in [-0.2, -0.15) is 41.5 Å². The summed E-state index contributed by atoms with van der Waals surface area (Å²) in [4.78, 5) is 0. The number of hydrogen-bond acceptors (Lipinski definition) is 0. The Bertz CT molecular complexity index is 815. The van der Waals surface area contributed by atoms with Gasteiger partial charge in [0.2, 0.25) is 0 Å². The molecule has 2 aromatic rings. The van der Waals surface area contributed by atoms with Crippen LogP contribution in [-0.4, -0.2) is 3.21 Å². The summed E-state index contributed by atoms with van der Waals surface area (Å²) in [5.74, 6) is 1.20. The van der Waals surface area contributed by atoms with Crippen molar-refractivity contribution in [2.24, 2.45) is 11.8 Å². The minimum Gasteiger partial charge on any atom is -1.00 e. The molecule has 2 aliphatic carbocycles. The van der Waals surface area contributed by atoms with E-state index in [0.29, 0.717) is 11.8 Å². The summed E-state index contributed by atoms with van der Waals surface area (Å²) in [6.45, 7) is 13.0. The molecule has 0 heterocycles. The molecule has 1 atom stereocenters. The van der Waals surface area contributed by atoms with Crippen LogP contribution < -0.4 is 24.8 Å². The molecule has 0 bridgehead atoms. The van der Waals surface area contributed by atoms with Crippen LogP contribution in [0.1, 0.15) is 52.7 Å². The molecule has 29 heavy (non-hydrogen) atoms. The molecule has 0 saturated heterocycles. The van der Waals surface area contributed by atoms with E-state index in [2.05, 4.69) is 96.2 Å². The first-order valence-corrected chi connectivity index (χ1v) is 10.9. The Balaban J connectivity index is 0.000000443. The normalized spacial score (nSPS) is 15.1. The maximum Gasteiger partial charge on any atom is -0.0253 e. The van der Waals surface area contributed by atoms with E-state index in [4.69, 9.17) is 0 Å². The van der Waals surface area contributed by atoms with Crippen molar-refractivity contribution in [3.63, 3.8) is 0 Å². The first-order chi connectivity index (χ1) is 12.8. The van der Waals surface area contributed by atoms with Crippen LogP contribution in [0.15, 0.2) is 59.7 Å². The second kappa shape index (κ2) is 13.5. The van der Waals surface area contributed by atoms with Gasteiger partial charge in [0.25, 0.3) is 0 Å². The number of rotatable bonds is 1. The molecule has 0 aromatic heterocycles. The fourth-order valence-corrected chi connectivity index (χ4v) is 3.48. The van der Waals surface area contributed by atoms with Crippen molar-refractivity contribution >= 4 is 3.21 Å². The van der Waals surface area contributed by atoms with Crippen LogP contribution >= 0.6 is 0 Å². The van der Waals surface area contributed by atoms with E-state index < -0.39 is 0 Å². The Morgan fingerprint density at radius 1 is 1.03 bits per heavy atom. The Kier molecular flexibility index (Phi) is 13.2. The smallest absolute Gasteiger partial charge is 0.0253 e. The molecule has 1 unspecified atom stereocenters. The largest absolute Gasteiger partial charge is 1.00 e. The van der Waals surface area contributed by atoms with Crippen LogP contribution in [0, 0.1) is 24.0 Å². The SMILES string of the molecule is CC1=[C-]C(C)C=C1C(C)C.C[C](C)=[Zr+2].[Cl-].[Cl-].[c-]1cccc2c1Cc1ccccc1-2. The fourth-order valence-electron chi connectivity index (χ4n) is 3.48. The van der Waals surface area contributed by atoms with Crippen molar-refractivity contribution in [3.05, 3.63) is 83.0 Å². The van der Waals surface area contributed by atoms with Gasteiger partial charge in [-0.05, 0) is 6.42 Å². The van der Waals surface area contributed by atoms with Crippen LogP contribution in [0.4, 0.5) is 0 Å². The molecule has 3 heteroatoms. The molecule has 2 aromatic carbocycles. The topological polar surface area (TPSA) is 0 Å². The first-order valence-electron chi connectivity index (χ1n) is 9.71. The second-order valence-corrected chi connectivity index (χ2v) is 10.2. The Labute approximate surface area is 205 Å². The number of halogens is 2. The van der Waals surface area contributed by atoms with Gasteiger partial charge < -0.3 is 24.8 Å². The van der Waals surface area contributed by atoms with Crippen LogP contribution in [0.5, 0.6) is 0 Å². The number of hydrogen-bond donors (Lipinski definition) is 0. The van der Waals surface area contributed by atoms with Gasteiger partial charge in [0.05, 0.1) is 0 Å². The fraction of sp³-hybridized carbons (Fsp3) is 0.346. The standard InChI is InChI=1S/C13H9.C10H15.C3H6.2ClH.Zr/c1-3-7-12-10(5-1)9-11-6-2-4-8-13(11)12;1-7(2)10-6-8(3)5-9(10)4;1-3-2;;;/h1-5,7-8H,9H2;6-8H,1-4H3;1-2H3;2*1H;/q2*-1;;;;+2/p-2. The minimum atomic E-state index is 0. The molecule has 4 rings (SSSR count). The van der Waals surface area contributed by atoms with E-state index >= 15 is 0 Å². The average molecular weight is 505 g/mol. The minimum absolute atomic E-state index is 0. The van der Waals surface area contributed by atoms with Gasteiger partial charge in [-0.3, -0.25) is 6.08 Å². The molecular formula is C26H30Cl2Zr-2. The predicted octanol–water partition coefficient (Wildman–Crippen LogP) is 0.779. The molecule has 0 nitrogen and oxygen atoms in total. The summed E-state index contributed by atoms with van der Waals surface area (Å²) in [5, 5.41) is 0. The number of allylic oxidation sites excluding steroid dienone is 4. The van der Waals surface area contributed by atoms with Gasteiger partial charge in [0.15, 0.2) is 0 Å². The summed E-state index contributed by atoms with van der Waals surface area (Å²) in [7, 11) is 0. The quantitative estimate of drug-likeness (QED) is 0.430. The van der Waals surface area contributed by atoms with Crippen molar-refractivity contribution in [2.75, 3.05) is 0 Å². The molecule has 0 amide bonds. The summed E-state index contributed by atoms with van der Waals surface area (Å²) in [6, 6.07) is 18.1. The van der Waals surface area contributed by atoms with E-state index in [9.17, 15) is 0 Å². The third-order valence-electron chi connectivity index (χ3n) is 4.55. The van der Waals surface area contributed by atoms with Crippen LogP contribution in [0.3, 0.4) is 0 Å². The molecule has 0 fully saturated rings. The predicted molar refractivity (Wildman–Crippen MR) is 114 cm³/mol. The van der Waals surface area contributed by atoms with Gasteiger partial charge in [-0.15, -0.1) is 5.56 Å². The zero-order chi connectivity index (χ0) is 20.0. The monoisotopic (exact) mass is 502 g/mol. The van der Waals surface area contributed by atoms with Gasteiger partial charge in [-0.1, -0.05) is 74.9 Å². The molecule has 0 aliphatic heterocycles. The van der Waals surface area contributed by atoms with Gasteiger partial charge >= 0.3 is 41.3 Å². The molecule has 0 N–H and O–H groups in total. The molecule has 2 aliphatic rings. The Morgan fingerprint density at radius 3 is 2.14 bits per heavy atom. The Hall–Kier alpha value is -0.747. The van der Waals surface area contributed by atoms with E-state index in [-0.39, 0.29) is 24.8 Å². The maximum atomic E-state index is 3.37. The molecule has 0 saturated carbocycles. The summed E-state index contributed by atoms with van der Waals surface area (Å²) in [6.07, 6.45) is 6.73. The average Bonchev–Trinajstić information content (AvgIpc) is 3.14. The van der Waals surface area contributed by atoms with E-state index in [1.165, 1.54) is 36.6 Å². The van der Waals surface area contributed by atoms with Gasteiger partial charge in [0, 0.05) is 0 Å². The zero-order valence-electron chi connectivity index (χ0n) is 18.2. The van der Waals surface area contributed by atoms with E-state index in [1.807, 2.05) is 6.07 Å². The second-order valence-electron chi connectivity index (χ2n) is 7.73. The molecule has 154 valence electrons. The van der Waals surface area contributed by atoms with Crippen molar-refractivity contribution in [2.45, 2.75) is 48.0 Å². The van der Waals surface area contributed by atoms with Crippen LogP contribution in [-0.2, 0) is 30.7 Å². The third kappa shape index (κ3) is 8.49. The van der Waals surface area contributed by atoms with Crippen LogP contribution in [0.25, 0.3) is 11.1 Å². The first kappa shape index (κ1) is 28.3. The molecule has 0 spiro atoms. The summed E-state index contributed by atoms with van der Waals surface area (Å²) < 4.78 is 1.51. The van der Waals surface area contributed by atoms with Crippen molar-refractivity contribution in [3.8, 4) is 11.1 Å². The van der Waals surface area contributed by atoms with Gasteiger partial charge in [0.1, 0.15) is 0 Å². The van der Waals surface area contributed by atoms with E-state index in [0.717, 1.165) is 6.42 Å². The maximum absolute atomic E-state index is 3.37. The van der Waals surface area contributed by atoms with E-state index in [1.54, 1.807) is 24.2 Å².